The van der Waals surface area contributed by atoms with Crippen LogP contribution in [0.5, 0.6) is 0 Å². The first kappa shape index (κ1) is 7.57. The van der Waals surface area contributed by atoms with Crippen molar-refractivity contribution in [1.82, 2.24) is 0 Å². The van der Waals surface area contributed by atoms with Gasteiger partial charge in [-0.15, -0.1) is 0 Å². The smallest absolute Gasteiger partial charge is 0.0227 e. The molecule has 1 unspecified atom stereocenters. The third-order valence-electron chi connectivity index (χ3n) is 1.60. The summed E-state index contributed by atoms with van der Waals surface area (Å²) in [6.07, 6.45) is 5.84. The van der Waals surface area contributed by atoms with E-state index in [4.69, 9.17) is 0 Å². The highest BCUT2D eigenvalue weighted by atomic mass is 127. The SMILES string of the molecule is IC1CCCC[C@@H]1I. The molecule has 0 amide bonds. The zero-order valence-electron chi connectivity index (χ0n) is 4.74. The second-order valence-corrected chi connectivity index (χ2v) is 5.52. The lowest BCUT2D eigenvalue weighted by atomic mass is 10.0. The number of halogens is 2. The maximum absolute atomic E-state index is 2.58. The first-order valence-corrected chi connectivity index (χ1v) is 5.58. The van der Waals surface area contributed by atoms with Crippen molar-refractivity contribution in [2.75, 3.05) is 0 Å². The second-order valence-electron chi connectivity index (χ2n) is 2.32. The van der Waals surface area contributed by atoms with Gasteiger partial charge in [0.05, 0.1) is 0 Å². The number of rotatable bonds is 0. The van der Waals surface area contributed by atoms with Crippen molar-refractivity contribution in [2.45, 2.75) is 33.5 Å². The summed E-state index contributed by atoms with van der Waals surface area (Å²) in [4.78, 5) is 0. The van der Waals surface area contributed by atoms with Crippen LogP contribution in [-0.4, -0.2) is 7.85 Å². The Morgan fingerprint density at radius 3 is 1.50 bits per heavy atom. The Bertz CT molecular complexity index is 62.9. The molecule has 0 aromatic rings. The topological polar surface area (TPSA) is 0 Å². The van der Waals surface area contributed by atoms with Crippen LogP contribution in [0.4, 0.5) is 0 Å². The van der Waals surface area contributed by atoms with E-state index in [1.807, 2.05) is 0 Å². The van der Waals surface area contributed by atoms with Gasteiger partial charge in [0.1, 0.15) is 0 Å². The summed E-state index contributed by atoms with van der Waals surface area (Å²) in [5, 5.41) is 0. The monoisotopic (exact) mass is 336 g/mol. The number of hydrogen-bond acceptors (Lipinski definition) is 0. The van der Waals surface area contributed by atoms with E-state index in [1.54, 1.807) is 0 Å². The molecule has 0 saturated heterocycles. The molecule has 48 valence electrons. The van der Waals surface area contributed by atoms with Crippen LogP contribution < -0.4 is 0 Å². The van der Waals surface area contributed by atoms with Crippen LogP contribution in [0.2, 0.25) is 0 Å². The first-order chi connectivity index (χ1) is 3.80. The van der Waals surface area contributed by atoms with Gasteiger partial charge in [0, 0.05) is 7.85 Å². The van der Waals surface area contributed by atoms with E-state index in [2.05, 4.69) is 45.2 Å². The average molecular weight is 336 g/mol. The summed E-state index contributed by atoms with van der Waals surface area (Å²) in [5.41, 5.74) is 0. The lowest BCUT2D eigenvalue weighted by Gasteiger charge is -2.21. The van der Waals surface area contributed by atoms with Crippen LogP contribution in [0.3, 0.4) is 0 Å². The fourth-order valence-electron chi connectivity index (χ4n) is 1.04. The third-order valence-corrected chi connectivity index (χ3v) is 5.96. The molecule has 1 aliphatic rings. The van der Waals surface area contributed by atoms with Gasteiger partial charge in [-0.05, 0) is 12.8 Å². The minimum absolute atomic E-state index is 0.960. The molecular formula is C6H10I2. The standard InChI is InChI=1S/C6H10I2/c7-5-3-1-2-4-6(5)8/h5-6H,1-4H2/t5-,6?/m0/s1. The summed E-state index contributed by atoms with van der Waals surface area (Å²) < 4.78 is 1.92. The molecule has 0 heterocycles. The molecule has 0 spiro atoms. The molecular weight excluding hydrogens is 326 g/mol. The van der Waals surface area contributed by atoms with Gasteiger partial charge in [-0.3, -0.25) is 0 Å². The fourth-order valence-corrected chi connectivity index (χ4v) is 2.64. The Labute approximate surface area is 78.1 Å². The Balaban J connectivity index is 2.28. The summed E-state index contributed by atoms with van der Waals surface area (Å²) in [6.45, 7) is 0. The Morgan fingerprint density at radius 1 is 0.875 bits per heavy atom. The molecule has 0 radical (unpaired) electrons. The van der Waals surface area contributed by atoms with E-state index in [0.29, 0.717) is 0 Å². The number of hydrogen-bond donors (Lipinski definition) is 0. The summed E-state index contributed by atoms with van der Waals surface area (Å²) in [7, 11) is 0. The van der Waals surface area contributed by atoms with E-state index >= 15 is 0 Å². The maximum atomic E-state index is 2.58. The van der Waals surface area contributed by atoms with Crippen LogP contribution >= 0.6 is 45.2 Å². The van der Waals surface area contributed by atoms with Gasteiger partial charge in [-0.25, -0.2) is 0 Å². The second kappa shape index (κ2) is 3.58. The molecule has 0 aromatic heterocycles. The van der Waals surface area contributed by atoms with Crippen molar-refractivity contribution < 1.29 is 0 Å². The quantitative estimate of drug-likeness (QED) is 0.471. The molecule has 2 atom stereocenters. The van der Waals surface area contributed by atoms with Crippen LogP contribution in [-0.2, 0) is 0 Å². The summed E-state index contributed by atoms with van der Waals surface area (Å²) >= 11 is 5.15. The van der Waals surface area contributed by atoms with Crippen LogP contribution in [0.15, 0.2) is 0 Å². The lowest BCUT2D eigenvalue weighted by Crippen LogP contribution is -2.17. The predicted octanol–water partition coefficient (Wildman–Crippen LogP) is 3.17. The minimum atomic E-state index is 0.960. The van der Waals surface area contributed by atoms with Gasteiger partial charge >= 0.3 is 0 Å². The first-order valence-electron chi connectivity index (χ1n) is 3.09. The van der Waals surface area contributed by atoms with Crippen molar-refractivity contribution in [3.05, 3.63) is 0 Å². The van der Waals surface area contributed by atoms with Gasteiger partial charge in [0.2, 0.25) is 0 Å². The predicted molar refractivity (Wildman–Crippen MR) is 54.1 cm³/mol. The van der Waals surface area contributed by atoms with E-state index in [9.17, 15) is 0 Å². The minimum Gasteiger partial charge on any atom is -0.0815 e. The van der Waals surface area contributed by atoms with Crippen molar-refractivity contribution in [2.24, 2.45) is 0 Å². The zero-order chi connectivity index (χ0) is 5.98. The molecule has 8 heavy (non-hydrogen) atoms. The van der Waals surface area contributed by atoms with Crippen LogP contribution in [0, 0.1) is 0 Å². The molecule has 2 heteroatoms. The number of alkyl halides is 2. The molecule has 0 N–H and O–H groups in total. The summed E-state index contributed by atoms with van der Waals surface area (Å²) in [5.74, 6) is 0. The molecule has 1 aliphatic carbocycles. The van der Waals surface area contributed by atoms with Crippen molar-refractivity contribution in [3.8, 4) is 0 Å². The van der Waals surface area contributed by atoms with Crippen molar-refractivity contribution >= 4 is 45.2 Å². The van der Waals surface area contributed by atoms with E-state index in [1.165, 1.54) is 25.7 Å². The Kier molecular flexibility index (Phi) is 3.39. The van der Waals surface area contributed by atoms with Crippen LogP contribution in [0.25, 0.3) is 0 Å². The van der Waals surface area contributed by atoms with Gasteiger partial charge in [0.15, 0.2) is 0 Å². The molecule has 1 saturated carbocycles. The Morgan fingerprint density at radius 2 is 1.25 bits per heavy atom. The van der Waals surface area contributed by atoms with Crippen molar-refractivity contribution in [3.63, 3.8) is 0 Å². The Hall–Kier alpha value is 1.46. The molecule has 0 nitrogen and oxygen atoms in total. The highest BCUT2D eigenvalue weighted by Crippen LogP contribution is 2.30. The summed E-state index contributed by atoms with van der Waals surface area (Å²) in [6, 6.07) is 0. The third kappa shape index (κ3) is 2.01. The van der Waals surface area contributed by atoms with Gasteiger partial charge in [-0.2, -0.15) is 0 Å². The van der Waals surface area contributed by atoms with E-state index < -0.39 is 0 Å². The van der Waals surface area contributed by atoms with E-state index in [0.717, 1.165) is 7.85 Å². The van der Waals surface area contributed by atoms with Crippen molar-refractivity contribution in [1.29, 1.82) is 0 Å². The average Bonchev–Trinajstić information content (AvgIpc) is 1.77. The molecule has 0 aromatic carbocycles. The molecule has 1 fully saturated rings. The lowest BCUT2D eigenvalue weighted by molar-refractivity contribution is 0.551. The van der Waals surface area contributed by atoms with Gasteiger partial charge in [-0.1, -0.05) is 58.0 Å². The van der Waals surface area contributed by atoms with E-state index in [-0.39, 0.29) is 0 Å². The van der Waals surface area contributed by atoms with Crippen LogP contribution in [0.1, 0.15) is 25.7 Å². The molecule has 0 aliphatic heterocycles. The largest absolute Gasteiger partial charge is 0.0815 e. The normalized spacial score (nSPS) is 39.8. The highest BCUT2D eigenvalue weighted by molar-refractivity contribution is 14.1. The maximum Gasteiger partial charge on any atom is 0.0227 e. The van der Waals surface area contributed by atoms with Gasteiger partial charge in [0.25, 0.3) is 0 Å². The zero-order valence-corrected chi connectivity index (χ0v) is 9.05. The fraction of sp³-hybridized carbons (Fsp3) is 1.00. The molecule has 0 bridgehead atoms. The highest BCUT2D eigenvalue weighted by Gasteiger charge is 2.18. The molecule has 1 rings (SSSR count). The van der Waals surface area contributed by atoms with Gasteiger partial charge < -0.3 is 0 Å².